The second kappa shape index (κ2) is 5.84. The number of anilines is 1. The van der Waals surface area contributed by atoms with E-state index in [2.05, 4.69) is 21.2 Å². The molecule has 0 saturated heterocycles. The molecular weight excluding hydrogens is 275 g/mol. The molecule has 5 heteroatoms. The van der Waals surface area contributed by atoms with E-state index in [1.165, 1.54) is 6.07 Å². The number of benzene rings is 1. The van der Waals surface area contributed by atoms with Crippen LogP contribution in [-0.4, -0.2) is 24.0 Å². The molecule has 0 aromatic heterocycles. The van der Waals surface area contributed by atoms with E-state index in [0.29, 0.717) is 23.2 Å². The number of nitrogens with zero attached hydrogens (tertiary/aromatic N) is 1. The van der Waals surface area contributed by atoms with Gasteiger partial charge in [0, 0.05) is 18.8 Å². The van der Waals surface area contributed by atoms with Crippen LogP contribution in [0.2, 0.25) is 0 Å². The summed E-state index contributed by atoms with van der Waals surface area (Å²) in [6.07, 6.45) is 0. The summed E-state index contributed by atoms with van der Waals surface area (Å²) in [6, 6.07) is 4.28. The normalized spacial score (nSPS) is 10.0. The molecule has 0 fully saturated rings. The number of carbonyl (C=O) groups excluding carboxylic acids is 1. The Morgan fingerprint density at radius 2 is 2.06 bits per heavy atom. The Kier molecular flexibility index (Phi) is 4.73. The molecule has 0 aliphatic rings. The van der Waals surface area contributed by atoms with Crippen LogP contribution in [0, 0.1) is 5.82 Å². The van der Waals surface area contributed by atoms with Crippen molar-refractivity contribution in [3.8, 4) is 0 Å². The van der Waals surface area contributed by atoms with Crippen molar-refractivity contribution in [3.63, 3.8) is 0 Å². The SMILES string of the molecule is CCN(CC)C(=O)Nc1ccc(Br)c(F)c1. The predicted molar refractivity (Wildman–Crippen MR) is 66.0 cm³/mol. The zero-order valence-electron chi connectivity index (χ0n) is 9.26. The third-order valence-corrected chi connectivity index (χ3v) is 2.86. The number of carbonyl (C=O) groups is 1. The van der Waals surface area contributed by atoms with Crippen LogP contribution in [0.3, 0.4) is 0 Å². The van der Waals surface area contributed by atoms with Gasteiger partial charge in [-0.3, -0.25) is 0 Å². The minimum Gasteiger partial charge on any atom is -0.325 e. The van der Waals surface area contributed by atoms with Crippen molar-refractivity contribution in [1.29, 1.82) is 0 Å². The summed E-state index contributed by atoms with van der Waals surface area (Å²) in [4.78, 5) is 13.3. The van der Waals surface area contributed by atoms with Crippen LogP contribution in [0.4, 0.5) is 14.9 Å². The van der Waals surface area contributed by atoms with Crippen molar-refractivity contribution in [2.75, 3.05) is 18.4 Å². The van der Waals surface area contributed by atoms with E-state index in [0.717, 1.165) is 0 Å². The molecular formula is C11H14BrFN2O. The van der Waals surface area contributed by atoms with Crippen LogP contribution >= 0.6 is 15.9 Å². The van der Waals surface area contributed by atoms with Crippen LogP contribution in [0.5, 0.6) is 0 Å². The topological polar surface area (TPSA) is 32.3 Å². The Morgan fingerprint density at radius 1 is 1.44 bits per heavy atom. The molecule has 88 valence electrons. The first-order valence-electron chi connectivity index (χ1n) is 5.09. The lowest BCUT2D eigenvalue weighted by molar-refractivity contribution is 0.217. The van der Waals surface area contributed by atoms with E-state index in [1.807, 2.05) is 13.8 Å². The molecule has 1 N–H and O–H groups in total. The highest BCUT2D eigenvalue weighted by molar-refractivity contribution is 9.10. The van der Waals surface area contributed by atoms with Gasteiger partial charge >= 0.3 is 6.03 Å². The van der Waals surface area contributed by atoms with Crippen LogP contribution in [0.25, 0.3) is 0 Å². The Bertz CT molecular complexity index is 380. The van der Waals surface area contributed by atoms with Gasteiger partial charge in [0.25, 0.3) is 0 Å². The molecule has 0 atom stereocenters. The summed E-state index contributed by atoms with van der Waals surface area (Å²) < 4.78 is 13.6. The number of nitrogens with one attached hydrogen (secondary N) is 1. The van der Waals surface area contributed by atoms with Crippen LogP contribution in [-0.2, 0) is 0 Å². The van der Waals surface area contributed by atoms with Gasteiger partial charge in [-0.1, -0.05) is 0 Å². The van der Waals surface area contributed by atoms with Crippen LogP contribution < -0.4 is 5.32 Å². The average Bonchev–Trinajstić information content (AvgIpc) is 2.25. The minimum atomic E-state index is -0.391. The quantitative estimate of drug-likeness (QED) is 0.908. The molecule has 16 heavy (non-hydrogen) atoms. The fourth-order valence-corrected chi connectivity index (χ4v) is 1.53. The number of rotatable bonds is 3. The molecule has 0 bridgehead atoms. The fraction of sp³-hybridized carbons (Fsp3) is 0.364. The van der Waals surface area contributed by atoms with Crippen molar-refractivity contribution >= 4 is 27.6 Å². The van der Waals surface area contributed by atoms with E-state index in [1.54, 1.807) is 17.0 Å². The lowest BCUT2D eigenvalue weighted by Gasteiger charge is -2.19. The summed E-state index contributed by atoms with van der Waals surface area (Å²) >= 11 is 3.05. The van der Waals surface area contributed by atoms with Gasteiger partial charge in [-0.2, -0.15) is 0 Å². The number of hydrogen-bond acceptors (Lipinski definition) is 1. The molecule has 1 aromatic rings. The first-order chi connectivity index (χ1) is 7.58. The van der Waals surface area contributed by atoms with Gasteiger partial charge in [0.15, 0.2) is 0 Å². The van der Waals surface area contributed by atoms with Gasteiger partial charge in [-0.05, 0) is 48.0 Å². The zero-order chi connectivity index (χ0) is 12.1. The molecule has 0 spiro atoms. The highest BCUT2D eigenvalue weighted by Crippen LogP contribution is 2.19. The second-order valence-electron chi connectivity index (χ2n) is 3.23. The van der Waals surface area contributed by atoms with E-state index >= 15 is 0 Å². The smallest absolute Gasteiger partial charge is 0.321 e. The average molecular weight is 289 g/mol. The molecule has 1 aromatic carbocycles. The third-order valence-electron chi connectivity index (χ3n) is 2.22. The van der Waals surface area contributed by atoms with Gasteiger partial charge in [-0.15, -0.1) is 0 Å². The van der Waals surface area contributed by atoms with Crippen molar-refractivity contribution in [3.05, 3.63) is 28.5 Å². The zero-order valence-corrected chi connectivity index (χ0v) is 10.8. The first kappa shape index (κ1) is 13.0. The maximum Gasteiger partial charge on any atom is 0.321 e. The summed E-state index contributed by atoms with van der Waals surface area (Å²) in [5.74, 6) is -0.391. The second-order valence-corrected chi connectivity index (χ2v) is 4.09. The molecule has 0 saturated carbocycles. The van der Waals surface area contributed by atoms with E-state index in [9.17, 15) is 9.18 Å². The molecule has 3 nitrogen and oxygen atoms in total. The van der Waals surface area contributed by atoms with Crippen LogP contribution in [0.15, 0.2) is 22.7 Å². The van der Waals surface area contributed by atoms with Crippen molar-refractivity contribution in [2.45, 2.75) is 13.8 Å². The molecule has 0 heterocycles. The Labute approximate surface area is 103 Å². The van der Waals surface area contributed by atoms with Gasteiger partial charge in [-0.25, -0.2) is 9.18 Å². The molecule has 0 radical (unpaired) electrons. The lowest BCUT2D eigenvalue weighted by atomic mass is 10.3. The van der Waals surface area contributed by atoms with E-state index in [-0.39, 0.29) is 6.03 Å². The largest absolute Gasteiger partial charge is 0.325 e. The first-order valence-corrected chi connectivity index (χ1v) is 5.88. The molecule has 0 unspecified atom stereocenters. The molecule has 2 amide bonds. The number of amides is 2. The van der Waals surface area contributed by atoms with Crippen LogP contribution in [0.1, 0.15) is 13.8 Å². The van der Waals surface area contributed by atoms with E-state index < -0.39 is 5.82 Å². The van der Waals surface area contributed by atoms with Gasteiger partial charge < -0.3 is 10.2 Å². The van der Waals surface area contributed by atoms with Gasteiger partial charge in [0.2, 0.25) is 0 Å². The monoisotopic (exact) mass is 288 g/mol. The molecule has 0 aliphatic carbocycles. The maximum atomic E-state index is 13.2. The van der Waals surface area contributed by atoms with Gasteiger partial charge in [0.1, 0.15) is 5.82 Å². The predicted octanol–water partition coefficient (Wildman–Crippen LogP) is 3.46. The molecule has 1 rings (SSSR count). The minimum absolute atomic E-state index is 0.216. The van der Waals surface area contributed by atoms with Crippen molar-refractivity contribution in [2.24, 2.45) is 0 Å². The highest BCUT2D eigenvalue weighted by Gasteiger charge is 2.10. The molecule has 0 aliphatic heterocycles. The maximum absolute atomic E-state index is 13.2. The Hall–Kier alpha value is -1.10. The Balaban J connectivity index is 2.73. The highest BCUT2D eigenvalue weighted by atomic mass is 79.9. The summed E-state index contributed by atoms with van der Waals surface area (Å²) in [5.41, 5.74) is 0.456. The number of halogens is 2. The standard InChI is InChI=1S/C11H14BrFN2O/c1-3-15(4-2)11(16)14-8-5-6-9(12)10(13)7-8/h5-7H,3-4H2,1-2H3,(H,14,16). The van der Waals surface area contributed by atoms with Crippen molar-refractivity contribution < 1.29 is 9.18 Å². The van der Waals surface area contributed by atoms with Crippen molar-refractivity contribution in [1.82, 2.24) is 4.90 Å². The summed E-state index contributed by atoms with van der Waals surface area (Å²) in [7, 11) is 0. The summed E-state index contributed by atoms with van der Waals surface area (Å²) in [6.45, 7) is 5.04. The fourth-order valence-electron chi connectivity index (χ4n) is 1.29. The number of urea groups is 1. The number of hydrogen-bond donors (Lipinski definition) is 1. The summed E-state index contributed by atoms with van der Waals surface area (Å²) in [5, 5.41) is 2.64. The van der Waals surface area contributed by atoms with Gasteiger partial charge in [0.05, 0.1) is 4.47 Å². The lowest BCUT2D eigenvalue weighted by Crippen LogP contribution is -2.34. The Morgan fingerprint density at radius 3 is 2.56 bits per heavy atom. The third kappa shape index (κ3) is 3.20. The van der Waals surface area contributed by atoms with E-state index in [4.69, 9.17) is 0 Å².